The van der Waals surface area contributed by atoms with E-state index in [9.17, 15) is 4.79 Å². The largest absolute Gasteiger partial charge is 0.478 e. The third-order valence-corrected chi connectivity index (χ3v) is 4.46. The molecule has 1 amide bonds. The van der Waals surface area contributed by atoms with Crippen molar-refractivity contribution in [2.45, 2.75) is 45.8 Å². The quantitative estimate of drug-likeness (QED) is 0.783. The Bertz CT molecular complexity index is 713. The van der Waals surface area contributed by atoms with E-state index < -0.39 is 0 Å². The number of pyridine rings is 1. The fourth-order valence-corrected chi connectivity index (χ4v) is 3.07. The molecule has 1 atom stereocenters. The number of hydrogen-bond donors (Lipinski definition) is 1. The topological polar surface area (TPSA) is 72.3 Å². The molecule has 3 rings (SSSR count). The highest BCUT2D eigenvalue weighted by atomic mass is 16.5. The molecule has 0 unspecified atom stereocenters. The Morgan fingerprint density at radius 3 is 2.92 bits per heavy atom. The van der Waals surface area contributed by atoms with E-state index in [1.165, 1.54) is 0 Å². The van der Waals surface area contributed by atoms with Crippen LogP contribution in [0.3, 0.4) is 0 Å². The van der Waals surface area contributed by atoms with Crippen LogP contribution >= 0.6 is 0 Å². The standard InChI is InChI=1S/C19H27N5O2/c1-3-11-26-18-6-5-15(12-20-18)13-23-9-7-16(14-23)21-19(25)17-8-10-24(4-2)22-17/h5-6,8,10,12,16H,3-4,7,9,11,13-14H2,1-2H3,(H,21,25)/t16-/m1/s1. The lowest BCUT2D eigenvalue weighted by Gasteiger charge is -2.16. The summed E-state index contributed by atoms with van der Waals surface area (Å²) in [6, 6.07) is 5.90. The minimum absolute atomic E-state index is 0.0943. The summed E-state index contributed by atoms with van der Waals surface area (Å²) < 4.78 is 7.27. The van der Waals surface area contributed by atoms with Crippen molar-refractivity contribution >= 4 is 5.91 Å². The first-order chi connectivity index (χ1) is 12.7. The van der Waals surface area contributed by atoms with Crippen molar-refractivity contribution in [3.05, 3.63) is 41.9 Å². The number of hydrogen-bond acceptors (Lipinski definition) is 5. The molecule has 0 aromatic carbocycles. The minimum atomic E-state index is -0.0943. The monoisotopic (exact) mass is 357 g/mol. The van der Waals surface area contributed by atoms with Crippen LogP contribution < -0.4 is 10.1 Å². The Morgan fingerprint density at radius 2 is 2.23 bits per heavy atom. The SMILES string of the molecule is CCCOc1ccc(CN2CC[C@@H](NC(=O)c3ccn(CC)n3)C2)cn1. The molecule has 1 aliphatic rings. The van der Waals surface area contributed by atoms with E-state index in [0.717, 1.165) is 44.6 Å². The van der Waals surface area contributed by atoms with Crippen LogP contribution in [0.15, 0.2) is 30.6 Å². The van der Waals surface area contributed by atoms with Gasteiger partial charge >= 0.3 is 0 Å². The van der Waals surface area contributed by atoms with Gasteiger partial charge in [-0.2, -0.15) is 5.10 Å². The highest BCUT2D eigenvalue weighted by molar-refractivity contribution is 5.92. The number of likely N-dealkylation sites (tertiary alicyclic amines) is 1. The lowest BCUT2D eigenvalue weighted by molar-refractivity contribution is 0.0931. The van der Waals surface area contributed by atoms with Crippen molar-refractivity contribution < 1.29 is 9.53 Å². The molecule has 0 saturated carbocycles. The lowest BCUT2D eigenvalue weighted by Crippen LogP contribution is -2.37. The number of ether oxygens (including phenoxy) is 1. The molecule has 7 nitrogen and oxygen atoms in total. The zero-order chi connectivity index (χ0) is 18.4. The zero-order valence-corrected chi connectivity index (χ0v) is 15.5. The zero-order valence-electron chi connectivity index (χ0n) is 15.5. The highest BCUT2D eigenvalue weighted by Gasteiger charge is 2.25. The third-order valence-electron chi connectivity index (χ3n) is 4.46. The maximum atomic E-state index is 12.3. The first kappa shape index (κ1) is 18.4. The summed E-state index contributed by atoms with van der Waals surface area (Å²) >= 11 is 0. The van der Waals surface area contributed by atoms with Crippen LogP contribution in [0.2, 0.25) is 0 Å². The van der Waals surface area contributed by atoms with Crippen molar-refractivity contribution in [2.75, 3.05) is 19.7 Å². The van der Waals surface area contributed by atoms with Gasteiger partial charge < -0.3 is 10.1 Å². The van der Waals surface area contributed by atoms with E-state index in [1.54, 1.807) is 10.7 Å². The van der Waals surface area contributed by atoms with Crippen LogP contribution in [0.5, 0.6) is 5.88 Å². The van der Waals surface area contributed by atoms with E-state index in [2.05, 4.69) is 33.3 Å². The van der Waals surface area contributed by atoms with E-state index in [-0.39, 0.29) is 11.9 Å². The second kappa shape index (κ2) is 8.80. The Balaban J connectivity index is 1.46. The fourth-order valence-electron chi connectivity index (χ4n) is 3.07. The molecule has 2 aromatic rings. The molecule has 26 heavy (non-hydrogen) atoms. The van der Waals surface area contributed by atoms with Gasteiger partial charge in [0.2, 0.25) is 5.88 Å². The molecular formula is C19H27N5O2. The van der Waals surface area contributed by atoms with E-state index in [1.807, 2.05) is 25.4 Å². The Morgan fingerprint density at radius 1 is 1.35 bits per heavy atom. The van der Waals surface area contributed by atoms with Gasteiger partial charge in [0.25, 0.3) is 5.91 Å². The maximum Gasteiger partial charge on any atom is 0.272 e. The molecule has 140 valence electrons. The number of carbonyl (C=O) groups excluding carboxylic acids is 1. The maximum absolute atomic E-state index is 12.3. The van der Waals surface area contributed by atoms with Gasteiger partial charge in [-0.15, -0.1) is 0 Å². The van der Waals surface area contributed by atoms with Crippen LogP contribution in [0, 0.1) is 0 Å². The minimum Gasteiger partial charge on any atom is -0.478 e. The molecule has 2 aromatic heterocycles. The van der Waals surface area contributed by atoms with E-state index in [0.29, 0.717) is 18.2 Å². The van der Waals surface area contributed by atoms with Gasteiger partial charge in [-0.3, -0.25) is 14.4 Å². The Labute approximate surface area is 154 Å². The van der Waals surface area contributed by atoms with Gasteiger partial charge in [-0.25, -0.2) is 4.98 Å². The summed E-state index contributed by atoms with van der Waals surface area (Å²) in [6.45, 7) is 8.17. The molecule has 1 fully saturated rings. The van der Waals surface area contributed by atoms with Crippen LogP contribution in [0.1, 0.15) is 42.7 Å². The number of carbonyl (C=O) groups is 1. The molecule has 0 spiro atoms. The normalized spacial score (nSPS) is 17.4. The first-order valence-corrected chi connectivity index (χ1v) is 9.32. The fraction of sp³-hybridized carbons (Fsp3) is 0.526. The average Bonchev–Trinajstić information content (AvgIpc) is 3.30. The number of rotatable bonds is 8. The van der Waals surface area contributed by atoms with Crippen molar-refractivity contribution in [1.82, 2.24) is 25.0 Å². The highest BCUT2D eigenvalue weighted by Crippen LogP contribution is 2.15. The molecule has 0 bridgehead atoms. The second-order valence-corrected chi connectivity index (χ2v) is 6.60. The summed E-state index contributed by atoms with van der Waals surface area (Å²) in [5.74, 6) is 0.580. The number of aryl methyl sites for hydroxylation is 1. The summed E-state index contributed by atoms with van der Waals surface area (Å²) in [7, 11) is 0. The van der Waals surface area contributed by atoms with Crippen molar-refractivity contribution in [3.63, 3.8) is 0 Å². The summed E-state index contributed by atoms with van der Waals surface area (Å²) in [4.78, 5) is 19.0. The number of nitrogens with one attached hydrogen (secondary N) is 1. The molecule has 1 aliphatic heterocycles. The lowest BCUT2D eigenvalue weighted by atomic mass is 10.2. The second-order valence-electron chi connectivity index (χ2n) is 6.60. The van der Waals surface area contributed by atoms with Gasteiger partial charge in [-0.1, -0.05) is 13.0 Å². The van der Waals surface area contributed by atoms with Gasteiger partial charge in [0.05, 0.1) is 6.61 Å². The molecular weight excluding hydrogens is 330 g/mol. The summed E-state index contributed by atoms with van der Waals surface area (Å²) in [5, 5.41) is 7.35. The van der Waals surface area contributed by atoms with Crippen LogP contribution in [0.25, 0.3) is 0 Å². The van der Waals surface area contributed by atoms with Gasteiger partial charge in [0.15, 0.2) is 0 Å². The number of nitrogens with zero attached hydrogens (tertiary/aromatic N) is 4. The van der Waals surface area contributed by atoms with Gasteiger partial charge in [0, 0.05) is 50.7 Å². The molecule has 0 aliphatic carbocycles. The predicted octanol–water partition coefficient (Wildman–Crippen LogP) is 2.09. The van der Waals surface area contributed by atoms with Crippen molar-refractivity contribution in [1.29, 1.82) is 0 Å². The van der Waals surface area contributed by atoms with Gasteiger partial charge in [-0.05, 0) is 31.4 Å². The Kier molecular flexibility index (Phi) is 6.22. The van der Waals surface area contributed by atoms with E-state index >= 15 is 0 Å². The molecule has 1 saturated heterocycles. The number of aromatic nitrogens is 3. The summed E-state index contributed by atoms with van der Waals surface area (Å²) in [5.41, 5.74) is 1.64. The van der Waals surface area contributed by atoms with Gasteiger partial charge in [0.1, 0.15) is 5.69 Å². The predicted molar refractivity (Wildman–Crippen MR) is 99.1 cm³/mol. The van der Waals surface area contributed by atoms with Crippen LogP contribution in [0.4, 0.5) is 0 Å². The smallest absolute Gasteiger partial charge is 0.272 e. The molecule has 7 heteroatoms. The molecule has 0 radical (unpaired) electrons. The molecule has 1 N–H and O–H groups in total. The third kappa shape index (κ3) is 4.82. The summed E-state index contributed by atoms with van der Waals surface area (Å²) in [6.07, 6.45) is 5.62. The van der Waals surface area contributed by atoms with Crippen molar-refractivity contribution in [3.8, 4) is 5.88 Å². The Hall–Kier alpha value is -2.41. The first-order valence-electron chi connectivity index (χ1n) is 9.32. The number of amides is 1. The van der Waals surface area contributed by atoms with Crippen LogP contribution in [-0.4, -0.2) is 51.3 Å². The van der Waals surface area contributed by atoms with Crippen molar-refractivity contribution in [2.24, 2.45) is 0 Å². The molecule has 3 heterocycles. The average molecular weight is 357 g/mol. The van der Waals surface area contributed by atoms with E-state index in [4.69, 9.17) is 4.74 Å². The van der Waals surface area contributed by atoms with Crippen LogP contribution in [-0.2, 0) is 13.1 Å².